The molecule has 0 amide bonds. The fraction of sp³-hybridized carbons (Fsp3) is 0.118. The minimum atomic E-state index is -0.190. The van der Waals surface area contributed by atoms with Gasteiger partial charge in [0, 0.05) is 29.3 Å². The van der Waals surface area contributed by atoms with Gasteiger partial charge >= 0.3 is 0 Å². The smallest absolute Gasteiger partial charge is 0.206 e. The largest absolute Gasteiger partial charge is 0.249 e. The van der Waals surface area contributed by atoms with E-state index in [9.17, 15) is 0 Å². The molecule has 2 aromatic heterocycles. The Hall–Kier alpha value is -4.37. The molecule has 0 spiro atoms. The number of rotatable bonds is 1. The van der Waals surface area contributed by atoms with Crippen LogP contribution in [0.25, 0.3) is 39.3 Å². The van der Waals surface area contributed by atoms with Gasteiger partial charge in [0.2, 0.25) is 23.1 Å². The Morgan fingerprint density at radius 2 is 1.54 bits per heavy atom. The first-order valence-corrected chi connectivity index (χ1v) is 12.9. The number of fused-ring (bicyclic) bond motifs is 9. The maximum atomic E-state index is 15.5. The quantitative estimate of drug-likeness (QED) is 0.224. The maximum absolute atomic E-state index is 15.5. The number of aryl methyl sites for hydroxylation is 1. The van der Waals surface area contributed by atoms with Gasteiger partial charge in [0.25, 0.3) is 0 Å². The molecule has 2 aliphatic heterocycles. The molecule has 0 aliphatic carbocycles. The molecule has 2 atom stereocenters. The summed E-state index contributed by atoms with van der Waals surface area (Å²) in [5.74, 6) is 0.0170. The fourth-order valence-electron chi connectivity index (χ4n) is 6.31. The van der Waals surface area contributed by atoms with Crippen molar-refractivity contribution in [2.75, 3.05) is 0 Å². The zero-order chi connectivity index (χ0) is 24.9. The van der Waals surface area contributed by atoms with Crippen LogP contribution in [0.2, 0.25) is 0 Å². The van der Waals surface area contributed by atoms with E-state index in [1.54, 1.807) is 6.07 Å². The molecule has 0 radical (unpaired) electrons. The molecule has 178 valence electrons. The van der Waals surface area contributed by atoms with Crippen LogP contribution in [-0.4, -0.2) is 0 Å². The molecule has 2 unspecified atom stereocenters. The van der Waals surface area contributed by atoms with Gasteiger partial charge in [0.15, 0.2) is 12.4 Å². The Bertz CT molecular complexity index is 1670. The number of hydrogen-bond donors (Lipinski definition) is 0. The molecule has 7 rings (SSSR count). The molecule has 3 aromatic carbocycles. The van der Waals surface area contributed by atoms with Crippen molar-refractivity contribution >= 4 is 5.70 Å². The molecule has 0 fully saturated rings. The summed E-state index contributed by atoms with van der Waals surface area (Å²) in [5.41, 5.74) is 9.48. The van der Waals surface area contributed by atoms with E-state index in [2.05, 4.69) is 94.3 Å². The normalized spacial score (nSPS) is 17.7. The molecule has 0 bridgehead atoms. The number of allylic oxidation sites excluding steroid dienone is 1. The maximum Gasteiger partial charge on any atom is 0.249 e. The van der Waals surface area contributed by atoms with Crippen LogP contribution < -0.4 is 9.13 Å². The minimum Gasteiger partial charge on any atom is -0.206 e. The topological polar surface area (TPSA) is 7.76 Å². The number of halogens is 1. The van der Waals surface area contributed by atoms with E-state index in [1.165, 1.54) is 16.8 Å². The van der Waals surface area contributed by atoms with Crippen LogP contribution in [0.1, 0.15) is 29.5 Å². The number of hydrogen-bond acceptors (Lipinski definition) is 0. The highest BCUT2D eigenvalue weighted by Crippen LogP contribution is 2.45. The predicted octanol–water partition coefficient (Wildman–Crippen LogP) is 7.16. The zero-order valence-electron chi connectivity index (χ0n) is 20.5. The van der Waals surface area contributed by atoms with E-state index in [-0.39, 0.29) is 17.8 Å². The van der Waals surface area contributed by atoms with Gasteiger partial charge in [-0.1, -0.05) is 60.7 Å². The lowest BCUT2D eigenvalue weighted by Crippen LogP contribution is -2.53. The van der Waals surface area contributed by atoms with Crippen molar-refractivity contribution in [3.63, 3.8) is 0 Å². The van der Waals surface area contributed by atoms with Crippen LogP contribution in [-0.2, 0) is 6.42 Å². The van der Waals surface area contributed by atoms with Crippen molar-refractivity contribution in [2.24, 2.45) is 0 Å². The van der Waals surface area contributed by atoms with Gasteiger partial charge in [-0.2, -0.15) is 9.13 Å². The summed E-state index contributed by atoms with van der Waals surface area (Å²) < 4.78 is 20.1. The number of nitrogens with zero attached hydrogens (tertiary/aromatic N) is 2. The zero-order valence-corrected chi connectivity index (χ0v) is 20.5. The Morgan fingerprint density at radius 3 is 2.43 bits per heavy atom. The molecule has 0 saturated carbocycles. The second-order valence-corrected chi connectivity index (χ2v) is 9.97. The first-order chi connectivity index (χ1) is 18.2. The van der Waals surface area contributed by atoms with Crippen LogP contribution in [0, 0.1) is 5.82 Å². The van der Waals surface area contributed by atoms with Crippen molar-refractivity contribution in [2.45, 2.75) is 24.8 Å². The Labute approximate surface area is 216 Å². The Balaban J connectivity index is 1.52. The molecule has 4 heterocycles. The van der Waals surface area contributed by atoms with Gasteiger partial charge in [-0.15, -0.1) is 0 Å². The Morgan fingerprint density at radius 1 is 0.730 bits per heavy atom. The SMILES string of the molecule is C=C1C2C(CCc3cccc(F)c3-c3ccc(-c4ccccc4)c[n+]31)c1ccccc1-c1cccc[n+]12. The summed E-state index contributed by atoms with van der Waals surface area (Å²) in [6.07, 6.45) is 5.99. The molecule has 5 aromatic rings. The van der Waals surface area contributed by atoms with E-state index >= 15 is 4.39 Å². The van der Waals surface area contributed by atoms with Crippen molar-refractivity contribution in [3.05, 3.63) is 139 Å². The van der Waals surface area contributed by atoms with Crippen LogP contribution in [0.4, 0.5) is 4.39 Å². The second kappa shape index (κ2) is 8.63. The highest BCUT2D eigenvalue weighted by Gasteiger charge is 2.46. The molecule has 0 N–H and O–H groups in total. The second-order valence-electron chi connectivity index (χ2n) is 9.97. The molecule has 3 heteroatoms. The predicted molar refractivity (Wildman–Crippen MR) is 145 cm³/mol. The van der Waals surface area contributed by atoms with E-state index in [0.29, 0.717) is 5.56 Å². The van der Waals surface area contributed by atoms with Gasteiger partial charge in [0.1, 0.15) is 5.82 Å². The summed E-state index contributed by atoms with van der Waals surface area (Å²) in [6, 6.07) is 35.1. The Kier molecular flexibility index (Phi) is 5.10. The van der Waals surface area contributed by atoms with Crippen molar-refractivity contribution in [1.29, 1.82) is 0 Å². The van der Waals surface area contributed by atoms with Crippen LogP contribution in [0.5, 0.6) is 0 Å². The number of pyridine rings is 2. The summed E-state index contributed by atoms with van der Waals surface area (Å²) in [5, 5.41) is 0. The molecule has 2 aliphatic rings. The third-order valence-corrected chi connectivity index (χ3v) is 7.99. The minimum absolute atomic E-state index is 0.00162. The van der Waals surface area contributed by atoms with Crippen molar-refractivity contribution < 1.29 is 13.5 Å². The van der Waals surface area contributed by atoms with E-state index in [0.717, 1.165) is 40.9 Å². The standard InChI is InChI=1S/C34H27FN2/c1-23-34-29(27-13-5-6-14-28(27)31-16-7-8-21-36(31)34)19-17-25-12-9-15-30(35)33(25)32-20-18-26(22-37(23)32)24-10-3-2-4-11-24/h2-16,18,20-22,29,34H,1,17,19H2/q+2. The van der Waals surface area contributed by atoms with Gasteiger partial charge in [-0.05, 0) is 60.4 Å². The summed E-state index contributed by atoms with van der Waals surface area (Å²) in [4.78, 5) is 0. The average Bonchev–Trinajstić information content (AvgIpc) is 3.00. The molecule has 2 nitrogen and oxygen atoms in total. The summed E-state index contributed by atoms with van der Waals surface area (Å²) >= 11 is 0. The highest BCUT2D eigenvalue weighted by molar-refractivity contribution is 5.69. The van der Waals surface area contributed by atoms with Gasteiger partial charge in [0.05, 0.1) is 11.5 Å². The monoisotopic (exact) mass is 482 g/mol. The van der Waals surface area contributed by atoms with E-state index in [1.807, 2.05) is 24.3 Å². The lowest BCUT2D eigenvalue weighted by Gasteiger charge is -2.29. The molecule has 0 saturated heterocycles. The number of aromatic nitrogens is 2. The van der Waals surface area contributed by atoms with Crippen molar-refractivity contribution in [3.8, 4) is 33.6 Å². The van der Waals surface area contributed by atoms with Crippen molar-refractivity contribution in [1.82, 2.24) is 0 Å². The summed E-state index contributed by atoms with van der Waals surface area (Å²) in [6.45, 7) is 4.71. The average molecular weight is 483 g/mol. The first-order valence-electron chi connectivity index (χ1n) is 12.9. The molecular formula is C34H27FN2+2. The lowest BCUT2D eigenvalue weighted by molar-refractivity contribution is -0.727. The molecular weight excluding hydrogens is 455 g/mol. The third-order valence-electron chi connectivity index (χ3n) is 7.99. The number of benzene rings is 3. The lowest BCUT2D eigenvalue weighted by atomic mass is 9.78. The van der Waals surface area contributed by atoms with E-state index < -0.39 is 0 Å². The highest BCUT2D eigenvalue weighted by atomic mass is 19.1. The summed E-state index contributed by atoms with van der Waals surface area (Å²) in [7, 11) is 0. The van der Waals surface area contributed by atoms with Gasteiger partial charge in [-0.25, -0.2) is 4.39 Å². The fourth-order valence-corrected chi connectivity index (χ4v) is 6.31. The first kappa shape index (κ1) is 21.9. The van der Waals surface area contributed by atoms with Crippen LogP contribution in [0.15, 0.2) is 122 Å². The third kappa shape index (κ3) is 3.46. The van der Waals surface area contributed by atoms with Crippen LogP contribution >= 0.6 is 0 Å². The van der Waals surface area contributed by atoms with Gasteiger partial charge < -0.3 is 0 Å². The van der Waals surface area contributed by atoms with Gasteiger partial charge in [-0.3, -0.25) is 0 Å². The van der Waals surface area contributed by atoms with E-state index in [4.69, 9.17) is 6.58 Å². The molecule has 37 heavy (non-hydrogen) atoms. The van der Waals surface area contributed by atoms with Crippen LogP contribution in [0.3, 0.4) is 0 Å².